The molecule has 96 valence electrons. The number of benzene rings is 1. The highest BCUT2D eigenvalue weighted by molar-refractivity contribution is 6.34. The highest BCUT2D eigenvalue weighted by Gasteiger charge is 2.55. The summed E-state index contributed by atoms with van der Waals surface area (Å²) in [6, 6.07) is 5.27. The largest absolute Gasteiger partial charge is 0.320 e. The molecule has 0 amide bonds. The normalized spacial score (nSPS) is 41.3. The molecular weight excluding hydrogens is 275 g/mol. The molecule has 4 bridgehead atoms. The van der Waals surface area contributed by atoms with E-state index >= 15 is 0 Å². The van der Waals surface area contributed by atoms with Crippen LogP contribution in [0, 0.1) is 0 Å². The Morgan fingerprint density at radius 2 is 1.28 bits per heavy atom. The van der Waals surface area contributed by atoms with Crippen LogP contribution in [0.1, 0.15) is 24.8 Å². The Morgan fingerprint density at radius 3 is 1.72 bits per heavy atom. The van der Waals surface area contributed by atoms with Gasteiger partial charge in [0.25, 0.3) is 0 Å². The van der Waals surface area contributed by atoms with Crippen molar-refractivity contribution in [2.45, 2.75) is 43.5 Å². The molecule has 1 aromatic carbocycles. The topological polar surface area (TPSA) is 27.7 Å². The Labute approximate surface area is 115 Å². The van der Waals surface area contributed by atoms with Crippen LogP contribution in [0.2, 0.25) is 10.0 Å². The van der Waals surface area contributed by atoms with E-state index in [1.54, 1.807) is 18.2 Å². The zero-order chi connectivity index (χ0) is 12.3. The van der Waals surface area contributed by atoms with Crippen LogP contribution in [0.4, 0.5) is 0 Å². The van der Waals surface area contributed by atoms with Gasteiger partial charge in [0.15, 0.2) is 0 Å². The molecule has 0 N–H and O–H groups in total. The van der Waals surface area contributed by atoms with E-state index in [4.69, 9.17) is 37.4 Å². The average Bonchev–Trinajstić information content (AvgIpc) is 2.25. The third-order valence-corrected chi connectivity index (χ3v) is 4.20. The molecule has 4 aliphatic rings. The van der Waals surface area contributed by atoms with Crippen molar-refractivity contribution in [3.05, 3.63) is 33.8 Å². The molecule has 0 aromatic heterocycles. The minimum absolute atomic E-state index is 0.217. The van der Waals surface area contributed by atoms with Crippen LogP contribution in [0.5, 0.6) is 0 Å². The first-order valence-electron chi connectivity index (χ1n) is 6.13. The molecule has 18 heavy (non-hydrogen) atoms. The predicted molar refractivity (Wildman–Crippen MR) is 66.6 cm³/mol. The van der Waals surface area contributed by atoms with Crippen LogP contribution < -0.4 is 0 Å². The zero-order valence-electron chi connectivity index (χ0n) is 9.57. The van der Waals surface area contributed by atoms with Gasteiger partial charge in [-0.15, -0.1) is 0 Å². The van der Waals surface area contributed by atoms with Crippen LogP contribution in [-0.4, -0.2) is 18.3 Å². The van der Waals surface area contributed by atoms with Crippen molar-refractivity contribution in [1.29, 1.82) is 0 Å². The standard InChI is InChI=1S/C13H12Cl2O3/c14-8-1-7(2-9(15)3-8)13-16-10-4-11(17-13)6-12(5-10)18-13/h1-3,10-12H,4-6H2. The van der Waals surface area contributed by atoms with Gasteiger partial charge in [-0.25, -0.2) is 0 Å². The van der Waals surface area contributed by atoms with Crippen molar-refractivity contribution in [2.75, 3.05) is 0 Å². The molecule has 0 unspecified atom stereocenters. The van der Waals surface area contributed by atoms with Crippen LogP contribution >= 0.6 is 23.2 Å². The summed E-state index contributed by atoms with van der Waals surface area (Å²) >= 11 is 12.1. The van der Waals surface area contributed by atoms with Gasteiger partial charge in [-0.2, -0.15) is 0 Å². The molecule has 1 aromatic rings. The predicted octanol–water partition coefficient (Wildman–Crippen LogP) is 3.47. The van der Waals surface area contributed by atoms with Crippen molar-refractivity contribution in [2.24, 2.45) is 0 Å². The first-order chi connectivity index (χ1) is 8.63. The molecule has 4 fully saturated rings. The minimum Gasteiger partial charge on any atom is -0.320 e. The Balaban J connectivity index is 1.79. The zero-order valence-corrected chi connectivity index (χ0v) is 11.1. The summed E-state index contributed by atoms with van der Waals surface area (Å²) in [5.74, 6) is -1.09. The van der Waals surface area contributed by atoms with Gasteiger partial charge in [0.2, 0.25) is 0 Å². The lowest BCUT2D eigenvalue weighted by atomic mass is 9.88. The van der Waals surface area contributed by atoms with E-state index in [1.807, 2.05) is 0 Å². The summed E-state index contributed by atoms with van der Waals surface area (Å²) in [7, 11) is 0. The lowest BCUT2D eigenvalue weighted by Gasteiger charge is -2.55. The fourth-order valence-corrected chi connectivity index (χ4v) is 3.66. The third kappa shape index (κ3) is 1.69. The van der Waals surface area contributed by atoms with Gasteiger partial charge >= 0.3 is 5.97 Å². The minimum atomic E-state index is -1.09. The van der Waals surface area contributed by atoms with Gasteiger partial charge in [-0.05, 0) is 18.2 Å². The first kappa shape index (κ1) is 11.5. The number of ether oxygens (including phenoxy) is 3. The fourth-order valence-electron chi connectivity index (χ4n) is 3.13. The Morgan fingerprint density at radius 1 is 0.833 bits per heavy atom. The SMILES string of the molecule is Clc1cc(Cl)cc(C23OC4CC(CC(C4)O2)O3)c1. The highest BCUT2D eigenvalue weighted by atomic mass is 35.5. The van der Waals surface area contributed by atoms with E-state index in [2.05, 4.69) is 0 Å². The molecule has 5 rings (SSSR count). The van der Waals surface area contributed by atoms with E-state index in [0.717, 1.165) is 24.8 Å². The van der Waals surface area contributed by atoms with E-state index in [9.17, 15) is 0 Å². The Kier molecular flexibility index (Phi) is 2.45. The van der Waals surface area contributed by atoms with E-state index < -0.39 is 5.97 Å². The second kappa shape index (κ2) is 3.84. The first-order valence-corrected chi connectivity index (χ1v) is 6.88. The van der Waals surface area contributed by atoms with Gasteiger partial charge < -0.3 is 14.2 Å². The smallest absolute Gasteiger partial charge is 0.312 e. The van der Waals surface area contributed by atoms with Crippen molar-refractivity contribution >= 4 is 23.2 Å². The van der Waals surface area contributed by atoms with Crippen molar-refractivity contribution in [3.8, 4) is 0 Å². The maximum atomic E-state index is 6.04. The molecule has 3 aliphatic heterocycles. The molecule has 5 heteroatoms. The summed E-state index contributed by atoms with van der Waals surface area (Å²) in [6.07, 6.45) is 3.51. The average molecular weight is 287 g/mol. The lowest BCUT2D eigenvalue weighted by Crippen LogP contribution is -2.60. The molecule has 1 aliphatic carbocycles. The van der Waals surface area contributed by atoms with Gasteiger partial charge in [0.1, 0.15) is 0 Å². The molecular formula is C13H12Cl2O3. The Bertz CT molecular complexity index is 447. The van der Waals surface area contributed by atoms with E-state index in [0.29, 0.717) is 10.0 Å². The van der Waals surface area contributed by atoms with Crippen molar-refractivity contribution < 1.29 is 14.2 Å². The number of halogens is 2. The van der Waals surface area contributed by atoms with Crippen LogP contribution in [-0.2, 0) is 20.2 Å². The number of hydrogen-bond acceptors (Lipinski definition) is 3. The fraction of sp³-hybridized carbons (Fsp3) is 0.538. The second-order valence-corrected chi connectivity index (χ2v) is 6.01. The summed E-state index contributed by atoms with van der Waals surface area (Å²) < 4.78 is 17.8. The van der Waals surface area contributed by atoms with Gasteiger partial charge in [-0.1, -0.05) is 23.2 Å². The summed E-state index contributed by atoms with van der Waals surface area (Å²) in [5.41, 5.74) is 0.749. The summed E-state index contributed by atoms with van der Waals surface area (Å²) in [6.45, 7) is 0. The van der Waals surface area contributed by atoms with Gasteiger partial charge in [0.05, 0.1) is 18.3 Å². The molecule has 0 atom stereocenters. The monoisotopic (exact) mass is 286 g/mol. The van der Waals surface area contributed by atoms with Crippen molar-refractivity contribution in [1.82, 2.24) is 0 Å². The van der Waals surface area contributed by atoms with Crippen LogP contribution in [0.15, 0.2) is 18.2 Å². The van der Waals surface area contributed by atoms with E-state index in [1.165, 1.54) is 0 Å². The summed E-state index contributed by atoms with van der Waals surface area (Å²) in [5, 5.41) is 1.12. The highest BCUT2D eigenvalue weighted by Crippen LogP contribution is 2.50. The quantitative estimate of drug-likeness (QED) is 0.791. The molecule has 1 saturated carbocycles. The number of hydrogen-bond donors (Lipinski definition) is 0. The van der Waals surface area contributed by atoms with Crippen LogP contribution in [0.25, 0.3) is 0 Å². The Hall–Kier alpha value is -0.320. The molecule has 3 saturated heterocycles. The summed E-state index contributed by atoms with van der Waals surface area (Å²) in [4.78, 5) is 0. The maximum absolute atomic E-state index is 6.04. The molecule has 3 heterocycles. The number of rotatable bonds is 1. The lowest BCUT2D eigenvalue weighted by molar-refractivity contribution is -0.505. The van der Waals surface area contributed by atoms with Gasteiger partial charge in [-0.3, -0.25) is 0 Å². The molecule has 0 spiro atoms. The van der Waals surface area contributed by atoms with Gasteiger partial charge in [0, 0.05) is 34.9 Å². The van der Waals surface area contributed by atoms with E-state index in [-0.39, 0.29) is 18.3 Å². The van der Waals surface area contributed by atoms with Crippen molar-refractivity contribution in [3.63, 3.8) is 0 Å². The molecule has 3 nitrogen and oxygen atoms in total. The second-order valence-electron chi connectivity index (χ2n) is 5.14. The molecule has 0 radical (unpaired) electrons. The van der Waals surface area contributed by atoms with Crippen LogP contribution in [0.3, 0.4) is 0 Å². The third-order valence-electron chi connectivity index (χ3n) is 3.76. The maximum Gasteiger partial charge on any atom is 0.312 e.